The van der Waals surface area contributed by atoms with E-state index in [1.54, 1.807) is 0 Å². The SMILES string of the molecule is CC(C)(C)c1ccc(-c2nc(-c3ccc(C(C)(C)C)cc3)nc(-c3ccc(-c4[c-]cc(-c5ccccc5)cc4)nc3)n2)cc1.[Ir]. The van der Waals surface area contributed by atoms with Crippen LogP contribution in [-0.4, -0.2) is 19.9 Å². The van der Waals surface area contributed by atoms with Crippen molar-refractivity contribution in [1.29, 1.82) is 0 Å². The first kappa shape index (κ1) is 32.1. The third-order valence-corrected chi connectivity index (χ3v) is 7.87. The van der Waals surface area contributed by atoms with Crippen molar-refractivity contribution in [3.63, 3.8) is 0 Å². The van der Waals surface area contributed by atoms with Crippen molar-refractivity contribution in [3.05, 3.63) is 133 Å². The molecule has 0 aliphatic rings. The van der Waals surface area contributed by atoms with Gasteiger partial charge in [0.15, 0.2) is 17.5 Å². The number of rotatable bonds is 5. The van der Waals surface area contributed by atoms with E-state index in [-0.39, 0.29) is 30.9 Å². The van der Waals surface area contributed by atoms with E-state index in [4.69, 9.17) is 19.9 Å². The average Bonchev–Trinajstić information content (AvgIpc) is 3.04. The normalized spacial score (nSPS) is 11.6. The largest absolute Gasteiger partial charge is 0.304 e. The fourth-order valence-electron chi connectivity index (χ4n) is 5.08. The van der Waals surface area contributed by atoms with Crippen LogP contribution in [0.25, 0.3) is 56.5 Å². The molecule has 0 aliphatic carbocycles. The number of hydrogen-bond donors (Lipinski definition) is 0. The van der Waals surface area contributed by atoms with E-state index in [0.29, 0.717) is 17.5 Å². The summed E-state index contributed by atoms with van der Waals surface area (Å²) in [7, 11) is 0. The van der Waals surface area contributed by atoms with Crippen molar-refractivity contribution in [1.82, 2.24) is 19.9 Å². The summed E-state index contributed by atoms with van der Waals surface area (Å²) >= 11 is 0. The number of nitrogens with zero attached hydrogens (tertiary/aromatic N) is 4. The van der Waals surface area contributed by atoms with Crippen molar-refractivity contribution in [3.8, 4) is 56.5 Å². The summed E-state index contributed by atoms with van der Waals surface area (Å²) in [5.74, 6) is 1.87. The van der Waals surface area contributed by atoms with E-state index in [2.05, 4.69) is 120 Å². The van der Waals surface area contributed by atoms with Crippen LogP contribution in [-0.2, 0) is 30.9 Å². The summed E-state index contributed by atoms with van der Waals surface area (Å²) in [6.45, 7) is 13.3. The summed E-state index contributed by atoms with van der Waals surface area (Å²) in [4.78, 5) is 19.6. The third-order valence-electron chi connectivity index (χ3n) is 7.87. The van der Waals surface area contributed by atoms with E-state index in [1.807, 2.05) is 42.6 Å². The summed E-state index contributed by atoms with van der Waals surface area (Å²) in [6.07, 6.45) is 1.84. The molecule has 1 radical (unpaired) electrons. The molecular weight excluding hydrogens is 729 g/mol. The van der Waals surface area contributed by atoms with Crippen LogP contribution >= 0.6 is 0 Å². The first-order chi connectivity index (χ1) is 21.0. The van der Waals surface area contributed by atoms with Crippen LogP contribution in [0.5, 0.6) is 0 Å². The molecule has 0 bridgehead atoms. The number of benzene rings is 4. The Morgan fingerprint density at radius 1 is 0.467 bits per heavy atom. The predicted molar refractivity (Wildman–Crippen MR) is 181 cm³/mol. The molecule has 45 heavy (non-hydrogen) atoms. The molecule has 0 spiro atoms. The van der Waals surface area contributed by atoms with E-state index in [1.165, 1.54) is 16.7 Å². The van der Waals surface area contributed by atoms with Crippen LogP contribution in [0.4, 0.5) is 0 Å². The van der Waals surface area contributed by atoms with Gasteiger partial charge in [0.05, 0.1) is 0 Å². The molecule has 0 fully saturated rings. The van der Waals surface area contributed by atoms with E-state index < -0.39 is 0 Å². The van der Waals surface area contributed by atoms with Crippen LogP contribution in [0.15, 0.2) is 115 Å². The molecular formula is C40H37IrN4-. The minimum Gasteiger partial charge on any atom is -0.304 e. The molecule has 0 unspecified atom stereocenters. The maximum atomic E-state index is 4.93. The van der Waals surface area contributed by atoms with Crippen LogP contribution in [0.3, 0.4) is 0 Å². The Kier molecular flexibility index (Phi) is 9.25. The number of pyridine rings is 1. The van der Waals surface area contributed by atoms with Gasteiger partial charge in [-0.05, 0) is 27.7 Å². The van der Waals surface area contributed by atoms with E-state index >= 15 is 0 Å². The van der Waals surface area contributed by atoms with Gasteiger partial charge in [0.25, 0.3) is 0 Å². The molecule has 0 amide bonds. The minimum atomic E-state index is 0. The zero-order chi connectivity index (χ0) is 30.9. The zero-order valence-corrected chi connectivity index (χ0v) is 29.0. The monoisotopic (exact) mass is 766 g/mol. The molecule has 4 aromatic carbocycles. The van der Waals surface area contributed by atoms with Gasteiger partial charge in [0.2, 0.25) is 0 Å². The van der Waals surface area contributed by atoms with Crippen molar-refractivity contribution in [2.75, 3.05) is 0 Å². The van der Waals surface area contributed by atoms with Gasteiger partial charge in [-0.25, -0.2) is 15.0 Å². The Labute approximate surface area is 280 Å². The second-order valence-corrected chi connectivity index (χ2v) is 13.3. The molecule has 0 atom stereocenters. The molecule has 227 valence electrons. The summed E-state index contributed by atoms with van der Waals surface area (Å²) in [5.41, 5.74) is 9.47. The second-order valence-electron chi connectivity index (χ2n) is 13.3. The Bertz CT molecular complexity index is 1790. The molecule has 4 nitrogen and oxygen atoms in total. The minimum absolute atomic E-state index is 0. The topological polar surface area (TPSA) is 51.6 Å². The van der Waals surface area contributed by atoms with Crippen molar-refractivity contribution < 1.29 is 20.1 Å². The maximum Gasteiger partial charge on any atom is 0.165 e. The fraction of sp³-hybridized carbons (Fsp3) is 0.200. The third kappa shape index (κ3) is 7.33. The first-order valence-corrected chi connectivity index (χ1v) is 15.1. The van der Waals surface area contributed by atoms with Gasteiger partial charge < -0.3 is 4.98 Å². The second kappa shape index (κ2) is 13.0. The standard InChI is InChI=1S/C40H37N4.Ir/c1-39(2,3)33-21-16-30(17-22-33)36-42-37(31-18-23-34(24-19-31)40(4,5)6)44-38(43-36)32-20-25-35(41-26-32)29-14-12-28(13-15-29)27-10-8-7-9-11-27;/h7-14,16-26H,1-6H3;/q-1;. The van der Waals surface area contributed by atoms with Gasteiger partial charge in [-0.1, -0.05) is 144 Å². The first-order valence-electron chi connectivity index (χ1n) is 15.1. The summed E-state index contributed by atoms with van der Waals surface area (Å²) < 4.78 is 0. The smallest absolute Gasteiger partial charge is 0.165 e. The van der Waals surface area contributed by atoms with Crippen LogP contribution in [0.1, 0.15) is 52.7 Å². The summed E-state index contributed by atoms with van der Waals surface area (Å²) in [6, 6.07) is 41.0. The van der Waals surface area contributed by atoms with Crippen molar-refractivity contribution in [2.24, 2.45) is 0 Å². The van der Waals surface area contributed by atoms with Crippen LogP contribution in [0, 0.1) is 6.07 Å². The number of hydrogen-bond acceptors (Lipinski definition) is 4. The van der Waals surface area contributed by atoms with Gasteiger partial charge in [-0.2, -0.15) is 0 Å². The molecule has 0 N–H and O–H groups in total. The van der Waals surface area contributed by atoms with Gasteiger partial charge in [0.1, 0.15) is 0 Å². The molecule has 0 saturated heterocycles. The quantitative estimate of drug-likeness (QED) is 0.164. The average molecular weight is 766 g/mol. The predicted octanol–water partition coefficient (Wildman–Crippen LogP) is 9.99. The maximum absolute atomic E-state index is 4.93. The molecule has 2 heterocycles. The van der Waals surface area contributed by atoms with E-state index in [0.717, 1.165) is 33.5 Å². The van der Waals surface area contributed by atoms with Gasteiger partial charge >= 0.3 is 0 Å². The van der Waals surface area contributed by atoms with Gasteiger partial charge in [-0.15, -0.1) is 29.8 Å². The zero-order valence-electron chi connectivity index (χ0n) is 26.6. The summed E-state index contributed by atoms with van der Waals surface area (Å²) in [5, 5.41) is 0. The van der Waals surface area contributed by atoms with Gasteiger partial charge in [0, 0.05) is 43.0 Å². The molecule has 0 saturated carbocycles. The fourth-order valence-corrected chi connectivity index (χ4v) is 5.08. The van der Waals surface area contributed by atoms with Crippen LogP contribution < -0.4 is 0 Å². The van der Waals surface area contributed by atoms with Gasteiger partial charge in [-0.3, -0.25) is 0 Å². The molecule has 6 aromatic rings. The molecule has 5 heteroatoms. The van der Waals surface area contributed by atoms with Crippen molar-refractivity contribution >= 4 is 0 Å². The van der Waals surface area contributed by atoms with Crippen molar-refractivity contribution in [2.45, 2.75) is 52.4 Å². The molecule has 6 rings (SSSR count). The Hall–Kier alpha value is -4.31. The van der Waals surface area contributed by atoms with Crippen LogP contribution in [0.2, 0.25) is 0 Å². The Morgan fingerprint density at radius 3 is 1.36 bits per heavy atom. The molecule has 0 aliphatic heterocycles. The molecule has 2 aromatic heterocycles. The Balaban J connectivity index is 0.00000400. The number of aromatic nitrogens is 4. The van der Waals surface area contributed by atoms with E-state index in [9.17, 15) is 0 Å². The Morgan fingerprint density at radius 2 is 0.933 bits per heavy atom.